The van der Waals surface area contributed by atoms with Gasteiger partial charge in [-0.2, -0.15) is 0 Å². The highest BCUT2D eigenvalue weighted by molar-refractivity contribution is 7.92. The molecule has 0 bridgehead atoms. The molecule has 6 heteroatoms. The number of rotatable bonds is 4. The van der Waals surface area contributed by atoms with Gasteiger partial charge in [0.1, 0.15) is 10.7 Å². The molecule has 2 aromatic rings. The molecule has 0 aromatic heterocycles. The molecule has 0 saturated carbocycles. The van der Waals surface area contributed by atoms with Crippen LogP contribution in [0, 0.1) is 19.7 Å². The molecule has 3 N–H and O–H groups in total. The molecule has 21 heavy (non-hydrogen) atoms. The minimum Gasteiger partial charge on any atom is -0.326 e. The summed E-state index contributed by atoms with van der Waals surface area (Å²) in [7, 11) is -3.97. The fraction of sp³-hybridized carbons (Fsp3) is 0.200. The summed E-state index contributed by atoms with van der Waals surface area (Å²) in [5.74, 6) is -0.809. The molecule has 0 spiro atoms. The van der Waals surface area contributed by atoms with E-state index in [2.05, 4.69) is 4.72 Å². The highest BCUT2D eigenvalue weighted by Gasteiger charge is 2.20. The molecule has 0 unspecified atom stereocenters. The predicted octanol–water partition coefficient (Wildman–Crippen LogP) is 2.70. The lowest BCUT2D eigenvalue weighted by Gasteiger charge is -2.12. The number of nitrogens with one attached hydrogen (secondary N) is 1. The van der Waals surface area contributed by atoms with Crippen LogP contribution in [0.15, 0.2) is 41.3 Å². The Bertz CT molecular complexity index is 773. The van der Waals surface area contributed by atoms with Gasteiger partial charge >= 0.3 is 0 Å². The second-order valence-corrected chi connectivity index (χ2v) is 6.54. The van der Waals surface area contributed by atoms with Crippen LogP contribution in [-0.2, 0) is 16.6 Å². The van der Waals surface area contributed by atoms with Gasteiger partial charge < -0.3 is 5.73 Å². The lowest BCUT2D eigenvalue weighted by atomic mass is 10.1. The van der Waals surface area contributed by atoms with Gasteiger partial charge in [0.2, 0.25) is 0 Å². The first-order valence-corrected chi connectivity index (χ1v) is 7.90. The van der Waals surface area contributed by atoms with Crippen LogP contribution in [0.4, 0.5) is 10.1 Å². The molecule has 0 heterocycles. The van der Waals surface area contributed by atoms with E-state index in [4.69, 9.17) is 5.73 Å². The first-order valence-electron chi connectivity index (χ1n) is 6.42. The molecular weight excluding hydrogens is 291 g/mol. The fourth-order valence-corrected chi connectivity index (χ4v) is 3.12. The van der Waals surface area contributed by atoms with Gasteiger partial charge in [0.25, 0.3) is 10.0 Å². The summed E-state index contributed by atoms with van der Waals surface area (Å²) in [6, 6.07) is 9.26. The second-order valence-electron chi connectivity index (χ2n) is 4.89. The number of halogens is 1. The maximum atomic E-state index is 13.9. The van der Waals surface area contributed by atoms with Gasteiger partial charge in [-0.1, -0.05) is 18.2 Å². The van der Waals surface area contributed by atoms with E-state index in [0.717, 1.165) is 17.2 Å². The molecule has 0 fully saturated rings. The molecule has 2 rings (SSSR count). The van der Waals surface area contributed by atoms with E-state index in [1.807, 2.05) is 13.0 Å². The van der Waals surface area contributed by atoms with Crippen molar-refractivity contribution in [3.05, 3.63) is 58.9 Å². The standard InChI is InChI=1S/C15H17FN2O2S/c1-10-3-4-11(2)14(7-10)18-21(19,20)15-6-5-12(9-17)8-13(15)16/h3-8,18H,9,17H2,1-2H3. The molecule has 4 nitrogen and oxygen atoms in total. The Morgan fingerprint density at radius 1 is 1.14 bits per heavy atom. The number of hydrogen-bond acceptors (Lipinski definition) is 3. The summed E-state index contributed by atoms with van der Waals surface area (Å²) in [5, 5.41) is 0. The van der Waals surface area contributed by atoms with Crippen molar-refractivity contribution in [2.24, 2.45) is 5.73 Å². The van der Waals surface area contributed by atoms with Gasteiger partial charge in [0.15, 0.2) is 0 Å². The maximum Gasteiger partial charge on any atom is 0.264 e. The molecule has 112 valence electrons. The van der Waals surface area contributed by atoms with Crippen molar-refractivity contribution in [1.29, 1.82) is 0 Å². The Kier molecular flexibility index (Phi) is 4.29. The molecular formula is C15H17FN2O2S. The Labute approximate surface area is 123 Å². The molecule has 0 aliphatic rings. The van der Waals surface area contributed by atoms with Crippen LogP contribution < -0.4 is 10.5 Å². The summed E-state index contributed by atoms with van der Waals surface area (Å²) >= 11 is 0. The van der Waals surface area contributed by atoms with Crippen molar-refractivity contribution in [3.63, 3.8) is 0 Å². The van der Waals surface area contributed by atoms with Crippen molar-refractivity contribution in [1.82, 2.24) is 0 Å². The van der Waals surface area contributed by atoms with E-state index in [9.17, 15) is 12.8 Å². The largest absolute Gasteiger partial charge is 0.326 e. The van der Waals surface area contributed by atoms with Crippen LogP contribution >= 0.6 is 0 Å². The number of aryl methyl sites for hydroxylation is 2. The van der Waals surface area contributed by atoms with Crippen molar-refractivity contribution >= 4 is 15.7 Å². The van der Waals surface area contributed by atoms with Gasteiger partial charge in [0, 0.05) is 6.54 Å². The van der Waals surface area contributed by atoms with Crippen molar-refractivity contribution in [2.45, 2.75) is 25.3 Å². The number of sulfonamides is 1. The summed E-state index contributed by atoms with van der Waals surface area (Å²) in [6.45, 7) is 3.79. The highest BCUT2D eigenvalue weighted by Crippen LogP contribution is 2.23. The van der Waals surface area contributed by atoms with Crippen molar-refractivity contribution < 1.29 is 12.8 Å². The van der Waals surface area contributed by atoms with E-state index in [1.54, 1.807) is 19.1 Å². The van der Waals surface area contributed by atoms with Gasteiger partial charge in [-0.3, -0.25) is 4.72 Å². The third-order valence-corrected chi connectivity index (χ3v) is 4.56. The monoisotopic (exact) mass is 308 g/mol. The Morgan fingerprint density at radius 3 is 2.48 bits per heavy atom. The van der Waals surface area contributed by atoms with Gasteiger partial charge in [-0.15, -0.1) is 0 Å². The lowest BCUT2D eigenvalue weighted by Crippen LogP contribution is -2.16. The first-order chi connectivity index (χ1) is 9.83. The Morgan fingerprint density at radius 2 is 1.86 bits per heavy atom. The topological polar surface area (TPSA) is 72.2 Å². The number of anilines is 1. The molecule has 0 amide bonds. The van der Waals surface area contributed by atoms with Crippen LogP contribution in [0.1, 0.15) is 16.7 Å². The van der Waals surface area contributed by atoms with Crippen LogP contribution in [0.5, 0.6) is 0 Å². The second kappa shape index (κ2) is 5.83. The number of nitrogens with two attached hydrogens (primary N) is 1. The molecule has 0 radical (unpaired) electrons. The predicted molar refractivity (Wildman–Crippen MR) is 81.0 cm³/mol. The molecule has 2 aromatic carbocycles. The van der Waals surface area contributed by atoms with E-state index in [1.165, 1.54) is 12.1 Å². The molecule has 0 aliphatic carbocycles. The van der Waals surface area contributed by atoms with Crippen molar-refractivity contribution in [3.8, 4) is 0 Å². The van der Waals surface area contributed by atoms with Crippen LogP contribution in [0.2, 0.25) is 0 Å². The summed E-state index contributed by atoms with van der Waals surface area (Å²) in [6.07, 6.45) is 0. The Hall–Kier alpha value is -1.92. The highest BCUT2D eigenvalue weighted by atomic mass is 32.2. The van der Waals surface area contributed by atoms with Gasteiger partial charge in [-0.05, 0) is 48.7 Å². The van der Waals surface area contributed by atoms with Crippen LogP contribution in [0.25, 0.3) is 0 Å². The van der Waals surface area contributed by atoms with E-state index < -0.39 is 15.8 Å². The van der Waals surface area contributed by atoms with E-state index in [-0.39, 0.29) is 11.4 Å². The minimum absolute atomic E-state index is 0.154. The van der Waals surface area contributed by atoms with Gasteiger partial charge in [-0.25, -0.2) is 12.8 Å². The average molecular weight is 308 g/mol. The third kappa shape index (κ3) is 3.40. The van der Waals surface area contributed by atoms with E-state index >= 15 is 0 Å². The lowest BCUT2D eigenvalue weighted by molar-refractivity contribution is 0.569. The third-order valence-electron chi connectivity index (χ3n) is 3.16. The quantitative estimate of drug-likeness (QED) is 0.912. The molecule has 0 aliphatic heterocycles. The first kappa shape index (κ1) is 15.5. The molecule has 0 saturated heterocycles. The van der Waals surface area contributed by atoms with Crippen molar-refractivity contribution in [2.75, 3.05) is 4.72 Å². The summed E-state index contributed by atoms with van der Waals surface area (Å²) in [5.41, 5.74) is 8.07. The smallest absolute Gasteiger partial charge is 0.264 e. The maximum absolute atomic E-state index is 13.9. The summed E-state index contributed by atoms with van der Waals surface area (Å²) < 4.78 is 41.0. The Balaban J connectivity index is 2.41. The van der Waals surface area contributed by atoms with Crippen LogP contribution in [-0.4, -0.2) is 8.42 Å². The van der Waals surface area contributed by atoms with Gasteiger partial charge in [0.05, 0.1) is 5.69 Å². The molecule has 0 atom stereocenters. The van der Waals surface area contributed by atoms with E-state index in [0.29, 0.717) is 11.3 Å². The number of hydrogen-bond donors (Lipinski definition) is 2. The minimum atomic E-state index is -3.97. The zero-order valence-corrected chi connectivity index (χ0v) is 12.7. The zero-order chi connectivity index (χ0) is 15.6. The zero-order valence-electron chi connectivity index (χ0n) is 11.9. The average Bonchev–Trinajstić information content (AvgIpc) is 2.42. The fourth-order valence-electron chi connectivity index (χ4n) is 1.93. The SMILES string of the molecule is Cc1ccc(C)c(NS(=O)(=O)c2ccc(CN)cc2F)c1. The number of benzene rings is 2. The summed E-state index contributed by atoms with van der Waals surface area (Å²) in [4.78, 5) is -0.388. The normalized spacial score (nSPS) is 11.4. The van der Waals surface area contributed by atoms with Crippen LogP contribution in [0.3, 0.4) is 0 Å².